The zero-order valence-electron chi connectivity index (χ0n) is 10.8. The van der Waals surface area contributed by atoms with Crippen molar-refractivity contribution >= 4 is 21.4 Å². The van der Waals surface area contributed by atoms with Gasteiger partial charge >= 0.3 is 0 Å². The van der Waals surface area contributed by atoms with Crippen LogP contribution in [-0.4, -0.2) is 8.42 Å². The second kappa shape index (κ2) is 5.28. The Hall–Kier alpha value is -2.22. The van der Waals surface area contributed by atoms with Gasteiger partial charge in [0.15, 0.2) is 0 Å². The lowest BCUT2D eigenvalue weighted by atomic mass is 10.2. The number of hydrogen-bond acceptors (Lipinski definition) is 3. The zero-order chi connectivity index (χ0) is 15.8. The molecule has 2 aromatic carbocycles. The lowest BCUT2D eigenvalue weighted by molar-refractivity contribution is 0.563. The lowest BCUT2D eigenvalue weighted by Crippen LogP contribution is -2.16. The van der Waals surface area contributed by atoms with Crippen LogP contribution in [0.1, 0.15) is 5.56 Å². The van der Waals surface area contributed by atoms with Gasteiger partial charge < -0.3 is 5.73 Å². The molecule has 2 aromatic rings. The number of sulfonamides is 1. The fourth-order valence-corrected chi connectivity index (χ4v) is 2.98. The van der Waals surface area contributed by atoms with Crippen LogP contribution in [0.25, 0.3) is 0 Å². The number of anilines is 2. The van der Waals surface area contributed by atoms with Crippen molar-refractivity contribution in [3.63, 3.8) is 0 Å². The van der Waals surface area contributed by atoms with E-state index in [-0.39, 0.29) is 11.3 Å². The van der Waals surface area contributed by atoms with Crippen LogP contribution in [-0.2, 0) is 10.0 Å². The average Bonchev–Trinajstić information content (AvgIpc) is 2.37. The molecule has 0 amide bonds. The number of rotatable bonds is 3. The van der Waals surface area contributed by atoms with Crippen molar-refractivity contribution in [1.82, 2.24) is 0 Å². The van der Waals surface area contributed by atoms with Crippen LogP contribution in [0.2, 0.25) is 0 Å². The van der Waals surface area contributed by atoms with E-state index >= 15 is 0 Å². The zero-order valence-corrected chi connectivity index (χ0v) is 11.6. The number of nitrogens with two attached hydrogens (primary N) is 1. The summed E-state index contributed by atoms with van der Waals surface area (Å²) in [7, 11) is -4.39. The van der Waals surface area contributed by atoms with Gasteiger partial charge in [0.25, 0.3) is 10.0 Å². The van der Waals surface area contributed by atoms with Crippen molar-refractivity contribution in [2.75, 3.05) is 10.5 Å². The Bertz CT molecular complexity index is 807. The number of benzene rings is 2. The van der Waals surface area contributed by atoms with E-state index < -0.39 is 38.1 Å². The van der Waals surface area contributed by atoms with Crippen LogP contribution < -0.4 is 10.5 Å². The highest BCUT2D eigenvalue weighted by Crippen LogP contribution is 2.25. The van der Waals surface area contributed by atoms with E-state index in [1.54, 1.807) is 0 Å². The molecule has 8 heteroatoms. The molecule has 0 saturated heterocycles. The maximum Gasteiger partial charge on any atom is 0.264 e. The Kier molecular flexibility index (Phi) is 3.82. The quantitative estimate of drug-likeness (QED) is 0.855. The van der Waals surface area contributed by atoms with Gasteiger partial charge in [-0.1, -0.05) is 0 Å². The fraction of sp³-hybridized carbons (Fsp3) is 0.0769. The molecular weight excluding hydrogens is 305 g/mol. The number of nitrogen functional groups attached to an aromatic ring is 1. The van der Waals surface area contributed by atoms with Gasteiger partial charge in [-0.3, -0.25) is 4.72 Å². The molecule has 0 aliphatic rings. The summed E-state index contributed by atoms with van der Waals surface area (Å²) < 4.78 is 66.2. The molecule has 21 heavy (non-hydrogen) atoms. The SMILES string of the molecule is Cc1cc(N)cc(S(=O)(=O)Nc2ccc(F)cc2F)c1F. The molecule has 3 N–H and O–H groups in total. The molecule has 0 spiro atoms. The Morgan fingerprint density at radius 2 is 1.76 bits per heavy atom. The topological polar surface area (TPSA) is 72.2 Å². The van der Waals surface area contributed by atoms with Gasteiger partial charge in [-0.15, -0.1) is 0 Å². The van der Waals surface area contributed by atoms with E-state index in [0.29, 0.717) is 6.07 Å². The predicted octanol–water partition coefficient (Wildman–Crippen LogP) is 2.80. The molecule has 0 heterocycles. The summed E-state index contributed by atoms with van der Waals surface area (Å²) in [5.74, 6) is -2.96. The molecule has 0 atom stereocenters. The summed E-state index contributed by atoms with van der Waals surface area (Å²) in [5, 5.41) is 0. The molecule has 0 unspecified atom stereocenters. The largest absolute Gasteiger partial charge is 0.399 e. The Balaban J connectivity index is 2.48. The second-order valence-corrected chi connectivity index (χ2v) is 6.03. The minimum atomic E-state index is -4.39. The summed E-state index contributed by atoms with van der Waals surface area (Å²) in [4.78, 5) is -0.705. The van der Waals surface area contributed by atoms with Crippen molar-refractivity contribution in [2.24, 2.45) is 0 Å². The maximum atomic E-state index is 13.9. The molecule has 4 nitrogen and oxygen atoms in total. The third-order valence-electron chi connectivity index (χ3n) is 2.71. The highest BCUT2D eigenvalue weighted by Gasteiger charge is 2.22. The number of halogens is 3. The minimum Gasteiger partial charge on any atom is -0.399 e. The molecule has 0 fully saturated rings. The smallest absolute Gasteiger partial charge is 0.264 e. The van der Waals surface area contributed by atoms with E-state index in [1.807, 2.05) is 4.72 Å². The van der Waals surface area contributed by atoms with Crippen molar-refractivity contribution in [1.29, 1.82) is 0 Å². The third-order valence-corrected chi connectivity index (χ3v) is 4.07. The summed E-state index contributed by atoms with van der Waals surface area (Å²) in [5.41, 5.74) is 5.08. The molecule has 0 aromatic heterocycles. The molecule has 0 aliphatic heterocycles. The summed E-state index contributed by atoms with van der Waals surface area (Å²) in [6.45, 7) is 1.35. The summed E-state index contributed by atoms with van der Waals surface area (Å²) in [6, 6.07) is 4.49. The number of aryl methyl sites for hydroxylation is 1. The van der Waals surface area contributed by atoms with Gasteiger partial charge in [-0.2, -0.15) is 0 Å². The van der Waals surface area contributed by atoms with Gasteiger partial charge in [0.2, 0.25) is 0 Å². The molecule has 0 saturated carbocycles. The molecule has 2 rings (SSSR count). The first kappa shape index (κ1) is 15.2. The average molecular weight is 316 g/mol. The van der Waals surface area contributed by atoms with Gasteiger partial charge in [-0.05, 0) is 36.8 Å². The van der Waals surface area contributed by atoms with Gasteiger partial charge in [0.05, 0.1) is 5.69 Å². The second-order valence-electron chi connectivity index (χ2n) is 4.38. The first-order valence-corrected chi connectivity index (χ1v) is 7.22. The van der Waals surface area contributed by atoms with Crippen LogP contribution in [0.3, 0.4) is 0 Å². The molecule has 0 radical (unpaired) electrons. The summed E-state index contributed by atoms with van der Waals surface area (Å²) >= 11 is 0. The van der Waals surface area contributed by atoms with Crippen LogP contribution in [0.5, 0.6) is 0 Å². The third kappa shape index (κ3) is 3.10. The van der Waals surface area contributed by atoms with Gasteiger partial charge in [0.1, 0.15) is 22.3 Å². The lowest BCUT2D eigenvalue weighted by Gasteiger charge is -2.11. The maximum absolute atomic E-state index is 13.9. The number of hydrogen-bond donors (Lipinski definition) is 2. The van der Waals surface area contributed by atoms with Crippen LogP contribution in [0.15, 0.2) is 35.2 Å². The monoisotopic (exact) mass is 316 g/mol. The molecular formula is C13H11F3N2O2S. The van der Waals surface area contributed by atoms with Crippen molar-refractivity contribution in [2.45, 2.75) is 11.8 Å². The van der Waals surface area contributed by atoms with E-state index in [9.17, 15) is 21.6 Å². The minimum absolute atomic E-state index is 0.0370. The molecule has 112 valence electrons. The normalized spacial score (nSPS) is 11.4. The van der Waals surface area contributed by atoms with E-state index in [2.05, 4.69) is 0 Å². The molecule has 0 bridgehead atoms. The van der Waals surface area contributed by atoms with E-state index in [0.717, 1.165) is 18.2 Å². The van der Waals surface area contributed by atoms with Crippen LogP contribution in [0.4, 0.5) is 24.5 Å². The fourth-order valence-electron chi connectivity index (χ4n) is 1.73. The summed E-state index contributed by atoms with van der Waals surface area (Å²) in [6.07, 6.45) is 0. The Morgan fingerprint density at radius 1 is 1.10 bits per heavy atom. The highest BCUT2D eigenvalue weighted by atomic mass is 32.2. The van der Waals surface area contributed by atoms with Crippen LogP contribution >= 0.6 is 0 Å². The van der Waals surface area contributed by atoms with Gasteiger partial charge in [-0.25, -0.2) is 21.6 Å². The van der Waals surface area contributed by atoms with Crippen LogP contribution in [0, 0.1) is 24.4 Å². The van der Waals surface area contributed by atoms with E-state index in [4.69, 9.17) is 5.73 Å². The van der Waals surface area contributed by atoms with Crippen molar-refractivity contribution in [3.05, 3.63) is 53.3 Å². The first-order valence-electron chi connectivity index (χ1n) is 5.74. The predicted molar refractivity (Wildman–Crippen MR) is 72.7 cm³/mol. The number of nitrogens with one attached hydrogen (secondary N) is 1. The Morgan fingerprint density at radius 3 is 2.38 bits per heavy atom. The standard InChI is InChI=1S/C13H11F3N2O2S/c1-7-4-9(17)6-12(13(7)16)21(19,20)18-11-3-2-8(14)5-10(11)15/h2-6,18H,17H2,1H3. The highest BCUT2D eigenvalue weighted by molar-refractivity contribution is 7.92. The van der Waals surface area contributed by atoms with Crippen molar-refractivity contribution < 1.29 is 21.6 Å². The Labute approximate surface area is 119 Å². The first-order chi connectivity index (χ1) is 9.70. The van der Waals surface area contributed by atoms with Crippen molar-refractivity contribution in [3.8, 4) is 0 Å². The van der Waals surface area contributed by atoms with Gasteiger partial charge in [0, 0.05) is 11.8 Å². The molecule has 0 aliphatic carbocycles. The van der Waals surface area contributed by atoms with E-state index in [1.165, 1.54) is 13.0 Å².